The largest absolute Gasteiger partial charge is 0.497 e. The van der Waals surface area contributed by atoms with E-state index < -0.39 is 0 Å². The van der Waals surface area contributed by atoms with E-state index in [1.54, 1.807) is 7.11 Å². The van der Waals surface area contributed by atoms with Gasteiger partial charge in [0.2, 0.25) is 0 Å². The van der Waals surface area contributed by atoms with E-state index in [2.05, 4.69) is 55.2 Å². The summed E-state index contributed by atoms with van der Waals surface area (Å²) in [5.41, 5.74) is 3.38. The van der Waals surface area contributed by atoms with E-state index in [1.165, 1.54) is 5.56 Å². The molecule has 124 valence electrons. The molecule has 1 aromatic heterocycles. The van der Waals surface area contributed by atoms with Gasteiger partial charge >= 0.3 is 0 Å². The summed E-state index contributed by atoms with van der Waals surface area (Å²) in [5.74, 6) is 1.61. The number of ether oxygens (including phenoxy) is 1. The first kappa shape index (κ1) is 16.5. The number of nitrogens with zero attached hydrogens (tertiary/aromatic N) is 2. The molecule has 0 saturated carbocycles. The van der Waals surface area contributed by atoms with Crippen molar-refractivity contribution in [2.75, 3.05) is 7.11 Å². The summed E-state index contributed by atoms with van der Waals surface area (Å²) in [4.78, 5) is 0. The molecular formula is C19H21N3OS. The highest BCUT2D eigenvalue weighted by molar-refractivity contribution is 7.71. The minimum absolute atomic E-state index is 0.124. The minimum Gasteiger partial charge on any atom is -0.497 e. The van der Waals surface area contributed by atoms with Crippen molar-refractivity contribution in [1.29, 1.82) is 0 Å². The van der Waals surface area contributed by atoms with Gasteiger partial charge in [-0.2, -0.15) is 5.10 Å². The molecule has 0 aliphatic carbocycles. The Balaban J connectivity index is 2.05. The molecule has 1 heterocycles. The van der Waals surface area contributed by atoms with E-state index in [-0.39, 0.29) is 5.41 Å². The Kier molecular flexibility index (Phi) is 4.28. The second kappa shape index (κ2) is 6.24. The molecule has 3 aromatic rings. The van der Waals surface area contributed by atoms with Crippen LogP contribution in [0.4, 0.5) is 0 Å². The predicted molar refractivity (Wildman–Crippen MR) is 99.4 cm³/mol. The van der Waals surface area contributed by atoms with Crippen molar-refractivity contribution < 1.29 is 4.74 Å². The number of aromatic amines is 1. The van der Waals surface area contributed by atoms with Crippen molar-refractivity contribution in [2.24, 2.45) is 0 Å². The van der Waals surface area contributed by atoms with Crippen molar-refractivity contribution in [3.63, 3.8) is 0 Å². The first-order valence-electron chi connectivity index (χ1n) is 7.83. The number of rotatable bonds is 3. The van der Waals surface area contributed by atoms with E-state index in [1.807, 2.05) is 28.8 Å². The summed E-state index contributed by atoms with van der Waals surface area (Å²) in [6.45, 7) is 6.61. The molecule has 24 heavy (non-hydrogen) atoms. The van der Waals surface area contributed by atoms with Crippen LogP contribution in [-0.2, 0) is 5.41 Å². The van der Waals surface area contributed by atoms with Crippen LogP contribution in [0, 0.1) is 4.77 Å². The molecule has 0 amide bonds. The van der Waals surface area contributed by atoms with Gasteiger partial charge in [0, 0.05) is 5.56 Å². The SMILES string of the molecule is COc1ccc(-n2c(-c3ccc(C(C)(C)C)cc3)n[nH]c2=S)cc1. The smallest absolute Gasteiger partial charge is 0.200 e. The van der Waals surface area contributed by atoms with E-state index >= 15 is 0 Å². The lowest BCUT2D eigenvalue weighted by Gasteiger charge is -2.19. The third-order valence-corrected chi connectivity index (χ3v) is 4.29. The topological polar surface area (TPSA) is 42.8 Å². The molecule has 0 unspecified atom stereocenters. The van der Waals surface area contributed by atoms with Crippen molar-refractivity contribution >= 4 is 12.2 Å². The zero-order valence-electron chi connectivity index (χ0n) is 14.3. The van der Waals surface area contributed by atoms with Crippen LogP contribution >= 0.6 is 12.2 Å². The Hall–Kier alpha value is -2.40. The summed E-state index contributed by atoms with van der Waals surface area (Å²) in [6, 6.07) is 16.2. The van der Waals surface area contributed by atoms with Crippen LogP contribution in [0.2, 0.25) is 0 Å². The molecule has 0 aliphatic rings. The third-order valence-electron chi connectivity index (χ3n) is 4.01. The average Bonchev–Trinajstić information content (AvgIpc) is 2.96. The lowest BCUT2D eigenvalue weighted by molar-refractivity contribution is 0.414. The molecule has 0 bridgehead atoms. The van der Waals surface area contributed by atoms with Gasteiger partial charge in [-0.15, -0.1) is 0 Å². The van der Waals surface area contributed by atoms with Crippen LogP contribution in [0.25, 0.3) is 17.1 Å². The predicted octanol–water partition coefficient (Wildman–Crippen LogP) is 4.90. The maximum atomic E-state index is 5.41. The normalized spacial score (nSPS) is 11.5. The van der Waals surface area contributed by atoms with Crippen molar-refractivity contribution in [3.05, 3.63) is 58.9 Å². The lowest BCUT2D eigenvalue weighted by Crippen LogP contribution is -2.10. The number of aromatic nitrogens is 3. The highest BCUT2D eigenvalue weighted by Gasteiger charge is 2.15. The summed E-state index contributed by atoms with van der Waals surface area (Å²) >= 11 is 5.41. The Morgan fingerprint density at radius 1 is 1.00 bits per heavy atom. The van der Waals surface area contributed by atoms with Gasteiger partial charge in [-0.05, 0) is 47.5 Å². The summed E-state index contributed by atoms with van der Waals surface area (Å²) in [7, 11) is 1.65. The van der Waals surface area contributed by atoms with E-state index in [0.29, 0.717) is 4.77 Å². The highest BCUT2D eigenvalue weighted by atomic mass is 32.1. The van der Waals surface area contributed by atoms with Crippen LogP contribution < -0.4 is 4.74 Å². The van der Waals surface area contributed by atoms with E-state index in [9.17, 15) is 0 Å². The maximum absolute atomic E-state index is 5.41. The number of hydrogen-bond donors (Lipinski definition) is 1. The summed E-state index contributed by atoms with van der Waals surface area (Å²) in [6.07, 6.45) is 0. The average molecular weight is 339 g/mol. The van der Waals surface area contributed by atoms with Crippen LogP contribution in [0.3, 0.4) is 0 Å². The van der Waals surface area contributed by atoms with Crippen molar-refractivity contribution in [2.45, 2.75) is 26.2 Å². The fraction of sp³-hybridized carbons (Fsp3) is 0.263. The number of hydrogen-bond acceptors (Lipinski definition) is 3. The molecule has 1 N–H and O–H groups in total. The number of H-pyrrole nitrogens is 1. The monoisotopic (exact) mass is 339 g/mol. The standard InChI is InChI=1S/C19H21N3OS/c1-19(2,3)14-7-5-13(6-8-14)17-20-21-18(24)22(17)15-9-11-16(23-4)12-10-15/h5-12H,1-4H3,(H,21,24). The molecule has 3 rings (SSSR count). The lowest BCUT2D eigenvalue weighted by atomic mass is 9.87. The van der Waals surface area contributed by atoms with Gasteiger partial charge in [0.15, 0.2) is 10.6 Å². The van der Waals surface area contributed by atoms with Gasteiger partial charge in [-0.3, -0.25) is 9.67 Å². The summed E-state index contributed by atoms with van der Waals surface area (Å²) < 4.78 is 7.71. The second-order valence-electron chi connectivity index (χ2n) is 6.71. The van der Waals surface area contributed by atoms with Crippen LogP contribution in [0.5, 0.6) is 5.75 Å². The summed E-state index contributed by atoms with van der Waals surface area (Å²) in [5, 5.41) is 7.30. The van der Waals surface area contributed by atoms with Crippen LogP contribution in [0.15, 0.2) is 48.5 Å². The first-order chi connectivity index (χ1) is 11.4. The van der Waals surface area contributed by atoms with Gasteiger partial charge < -0.3 is 4.74 Å². The first-order valence-corrected chi connectivity index (χ1v) is 8.24. The minimum atomic E-state index is 0.124. The molecule has 0 atom stereocenters. The quantitative estimate of drug-likeness (QED) is 0.690. The van der Waals surface area contributed by atoms with Gasteiger partial charge in [-0.1, -0.05) is 45.0 Å². The Morgan fingerprint density at radius 3 is 2.17 bits per heavy atom. The number of methoxy groups -OCH3 is 1. The van der Waals surface area contributed by atoms with Gasteiger partial charge in [-0.25, -0.2) is 0 Å². The Bertz CT molecular complexity index is 884. The van der Waals surface area contributed by atoms with Crippen molar-refractivity contribution in [1.82, 2.24) is 14.8 Å². The fourth-order valence-electron chi connectivity index (χ4n) is 2.58. The van der Waals surface area contributed by atoms with Gasteiger partial charge in [0.05, 0.1) is 12.8 Å². The molecule has 5 heteroatoms. The second-order valence-corrected chi connectivity index (χ2v) is 7.10. The van der Waals surface area contributed by atoms with Crippen LogP contribution in [0.1, 0.15) is 26.3 Å². The number of nitrogens with one attached hydrogen (secondary N) is 1. The van der Waals surface area contributed by atoms with Crippen molar-refractivity contribution in [3.8, 4) is 22.8 Å². The molecule has 0 spiro atoms. The molecule has 2 aromatic carbocycles. The zero-order chi connectivity index (χ0) is 17.3. The van der Waals surface area contributed by atoms with Gasteiger partial charge in [0.1, 0.15) is 5.75 Å². The molecule has 0 aliphatic heterocycles. The zero-order valence-corrected chi connectivity index (χ0v) is 15.1. The maximum Gasteiger partial charge on any atom is 0.200 e. The van der Waals surface area contributed by atoms with Crippen LogP contribution in [-0.4, -0.2) is 21.9 Å². The third kappa shape index (κ3) is 3.12. The fourth-order valence-corrected chi connectivity index (χ4v) is 2.82. The van der Waals surface area contributed by atoms with E-state index in [0.717, 1.165) is 22.8 Å². The molecule has 0 radical (unpaired) electrons. The molecule has 4 nitrogen and oxygen atoms in total. The Morgan fingerprint density at radius 2 is 1.62 bits per heavy atom. The highest BCUT2D eigenvalue weighted by Crippen LogP contribution is 2.27. The molecule has 0 saturated heterocycles. The van der Waals surface area contributed by atoms with Gasteiger partial charge in [0.25, 0.3) is 0 Å². The number of benzene rings is 2. The Labute approximate surface area is 147 Å². The van der Waals surface area contributed by atoms with E-state index in [4.69, 9.17) is 17.0 Å². The molecule has 0 fully saturated rings. The molecular weight excluding hydrogens is 318 g/mol.